The second-order valence-corrected chi connectivity index (χ2v) is 9.84. The minimum absolute atomic E-state index is 0.342. The van der Waals surface area contributed by atoms with Gasteiger partial charge in [-0.1, -0.05) is 109 Å². The predicted molar refractivity (Wildman–Crippen MR) is 144 cm³/mol. The molecule has 0 saturated carbocycles. The van der Waals surface area contributed by atoms with Crippen molar-refractivity contribution in [2.45, 2.75) is 117 Å². The fraction of sp³-hybridized carbons (Fsp3) is 0.600. The highest BCUT2D eigenvalue weighted by Crippen LogP contribution is 2.30. The quantitative estimate of drug-likeness (QED) is 0.204. The molecule has 4 nitrogen and oxygen atoms in total. The molecule has 0 saturated heterocycles. The van der Waals surface area contributed by atoms with E-state index in [2.05, 4.69) is 36.2 Å². The van der Waals surface area contributed by atoms with Crippen LogP contribution in [0, 0.1) is 0 Å². The zero-order chi connectivity index (χ0) is 24.0. The van der Waals surface area contributed by atoms with Crippen LogP contribution in [0.15, 0.2) is 36.4 Å². The van der Waals surface area contributed by atoms with Crippen LogP contribution in [0.25, 0.3) is 16.7 Å². The van der Waals surface area contributed by atoms with Gasteiger partial charge in [0.15, 0.2) is 0 Å². The number of phenols is 1. The molecule has 1 heterocycles. The molecule has 0 atom stereocenters. The van der Waals surface area contributed by atoms with Gasteiger partial charge in [0.25, 0.3) is 0 Å². The standard InChI is InChI=1S/C30H45N3O/c1-3-5-7-9-11-13-15-19-25-23-26(20-16-14-12-10-8-6-4-2)30(34)29(24-25)33-31-27-21-17-18-22-28(27)32-33/h17-18,21-24,34H,3-16,19-20H2,1-2H3. The Bertz CT molecular complexity index is 945. The largest absolute Gasteiger partial charge is 0.505 e. The molecule has 0 unspecified atom stereocenters. The molecule has 0 aliphatic rings. The number of benzene rings is 2. The molecular weight excluding hydrogens is 418 g/mol. The normalized spacial score (nSPS) is 11.5. The molecule has 0 amide bonds. The molecule has 4 heteroatoms. The van der Waals surface area contributed by atoms with E-state index in [1.54, 1.807) is 4.80 Å². The Morgan fingerprint density at radius 2 is 1.15 bits per heavy atom. The zero-order valence-corrected chi connectivity index (χ0v) is 21.6. The lowest BCUT2D eigenvalue weighted by atomic mass is 9.98. The van der Waals surface area contributed by atoms with Crippen molar-refractivity contribution in [3.8, 4) is 11.4 Å². The van der Waals surface area contributed by atoms with Crippen molar-refractivity contribution >= 4 is 11.0 Å². The first kappa shape index (κ1) is 26.2. The van der Waals surface area contributed by atoms with E-state index in [9.17, 15) is 5.11 Å². The number of unbranched alkanes of at least 4 members (excludes halogenated alkanes) is 12. The summed E-state index contributed by atoms with van der Waals surface area (Å²) in [6.45, 7) is 4.53. The molecule has 1 N–H and O–H groups in total. The van der Waals surface area contributed by atoms with Crippen LogP contribution in [0.5, 0.6) is 5.75 Å². The number of aromatic nitrogens is 3. The van der Waals surface area contributed by atoms with Crippen molar-refractivity contribution in [3.63, 3.8) is 0 Å². The molecule has 3 rings (SSSR count). The highest BCUT2D eigenvalue weighted by molar-refractivity contribution is 5.73. The second-order valence-electron chi connectivity index (χ2n) is 9.84. The van der Waals surface area contributed by atoms with E-state index in [1.165, 1.54) is 89.0 Å². The summed E-state index contributed by atoms with van der Waals surface area (Å²) < 4.78 is 0. The van der Waals surface area contributed by atoms with Gasteiger partial charge in [-0.3, -0.25) is 0 Å². The van der Waals surface area contributed by atoms with Gasteiger partial charge in [-0.05, 0) is 55.0 Å². The van der Waals surface area contributed by atoms with Gasteiger partial charge >= 0.3 is 0 Å². The summed E-state index contributed by atoms with van der Waals surface area (Å²) in [5, 5.41) is 20.5. The molecule has 0 radical (unpaired) electrons. The van der Waals surface area contributed by atoms with Crippen LogP contribution in [0.2, 0.25) is 0 Å². The Balaban J connectivity index is 1.67. The molecular formula is C30H45N3O. The maximum absolute atomic E-state index is 11.2. The topological polar surface area (TPSA) is 50.9 Å². The average Bonchev–Trinajstić information content (AvgIpc) is 3.28. The first-order chi connectivity index (χ1) is 16.7. The van der Waals surface area contributed by atoms with Crippen molar-refractivity contribution in [3.05, 3.63) is 47.5 Å². The molecule has 0 fully saturated rings. The number of hydrogen-bond acceptors (Lipinski definition) is 3. The summed E-state index contributed by atoms with van der Waals surface area (Å²) >= 11 is 0. The van der Waals surface area contributed by atoms with Crippen molar-refractivity contribution in [1.29, 1.82) is 0 Å². The maximum atomic E-state index is 11.2. The Labute approximate surface area is 206 Å². The lowest BCUT2D eigenvalue weighted by Gasteiger charge is -2.13. The number of rotatable bonds is 17. The smallest absolute Gasteiger partial charge is 0.146 e. The lowest BCUT2D eigenvalue weighted by molar-refractivity contribution is 0.458. The first-order valence-corrected chi connectivity index (χ1v) is 13.9. The number of fused-ring (bicyclic) bond motifs is 1. The van der Waals surface area contributed by atoms with Gasteiger partial charge in [0.2, 0.25) is 0 Å². The van der Waals surface area contributed by atoms with Crippen LogP contribution < -0.4 is 0 Å². The number of nitrogens with zero attached hydrogens (tertiary/aromatic N) is 3. The van der Waals surface area contributed by atoms with Gasteiger partial charge < -0.3 is 5.11 Å². The summed E-state index contributed by atoms with van der Waals surface area (Å²) in [6.07, 6.45) is 20.1. The van der Waals surface area contributed by atoms with Gasteiger partial charge in [-0.25, -0.2) is 0 Å². The van der Waals surface area contributed by atoms with Gasteiger partial charge in [0, 0.05) is 0 Å². The van der Waals surface area contributed by atoms with Crippen molar-refractivity contribution in [1.82, 2.24) is 15.0 Å². The van der Waals surface area contributed by atoms with Gasteiger partial charge in [-0.15, -0.1) is 15.0 Å². The third-order valence-corrected chi connectivity index (χ3v) is 6.85. The SMILES string of the molecule is CCCCCCCCCc1cc(CCCCCCCCC)c(O)c(-n2nc3ccccc3n2)c1. The van der Waals surface area contributed by atoms with Crippen LogP contribution in [-0.2, 0) is 12.8 Å². The average molecular weight is 464 g/mol. The molecule has 186 valence electrons. The zero-order valence-electron chi connectivity index (χ0n) is 21.6. The molecule has 3 aromatic rings. The van der Waals surface area contributed by atoms with Gasteiger partial charge in [0.1, 0.15) is 22.5 Å². The summed E-state index contributed by atoms with van der Waals surface area (Å²) in [7, 11) is 0. The fourth-order valence-electron chi connectivity index (χ4n) is 4.76. The van der Waals surface area contributed by atoms with Crippen LogP contribution in [0.1, 0.15) is 115 Å². The Kier molecular flexibility index (Phi) is 11.4. The predicted octanol–water partition coefficient (Wildman–Crippen LogP) is 8.71. The van der Waals surface area contributed by atoms with E-state index < -0.39 is 0 Å². The molecule has 0 aliphatic heterocycles. The third kappa shape index (κ3) is 8.14. The van der Waals surface area contributed by atoms with Crippen LogP contribution in [0.4, 0.5) is 0 Å². The second kappa shape index (κ2) is 14.8. The van der Waals surface area contributed by atoms with E-state index in [-0.39, 0.29) is 0 Å². The number of phenolic OH excluding ortho intramolecular Hbond substituents is 1. The van der Waals surface area contributed by atoms with E-state index in [0.29, 0.717) is 5.75 Å². The summed E-state index contributed by atoms with van der Waals surface area (Å²) in [6, 6.07) is 12.2. The van der Waals surface area contributed by atoms with E-state index >= 15 is 0 Å². The summed E-state index contributed by atoms with van der Waals surface area (Å²) in [5.74, 6) is 0.342. The highest BCUT2D eigenvalue weighted by atomic mass is 16.3. The van der Waals surface area contributed by atoms with Crippen LogP contribution >= 0.6 is 0 Å². The minimum atomic E-state index is 0.342. The Hall–Kier alpha value is -2.36. The number of aromatic hydroxyl groups is 1. The van der Waals surface area contributed by atoms with Crippen LogP contribution in [0.3, 0.4) is 0 Å². The van der Waals surface area contributed by atoms with Crippen molar-refractivity contribution < 1.29 is 5.11 Å². The molecule has 34 heavy (non-hydrogen) atoms. The van der Waals surface area contributed by atoms with Gasteiger partial charge in [-0.2, -0.15) is 0 Å². The fourth-order valence-corrected chi connectivity index (χ4v) is 4.76. The molecule has 1 aromatic heterocycles. The minimum Gasteiger partial charge on any atom is -0.505 e. The maximum Gasteiger partial charge on any atom is 0.146 e. The summed E-state index contributed by atoms with van der Waals surface area (Å²) in [5.41, 5.74) is 4.77. The molecule has 0 bridgehead atoms. The Morgan fingerprint density at radius 1 is 0.647 bits per heavy atom. The van der Waals surface area contributed by atoms with Crippen LogP contribution in [-0.4, -0.2) is 20.1 Å². The van der Waals surface area contributed by atoms with Crippen molar-refractivity contribution in [2.24, 2.45) is 0 Å². The van der Waals surface area contributed by atoms with Gasteiger partial charge in [0.05, 0.1) is 0 Å². The third-order valence-electron chi connectivity index (χ3n) is 6.85. The van der Waals surface area contributed by atoms with Crippen molar-refractivity contribution in [2.75, 3.05) is 0 Å². The van der Waals surface area contributed by atoms with E-state index in [1.807, 2.05) is 24.3 Å². The molecule has 0 spiro atoms. The van der Waals surface area contributed by atoms with E-state index in [4.69, 9.17) is 0 Å². The number of aryl methyl sites for hydroxylation is 2. The Morgan fingerprint density at radius 3 is 1.71 bits per heavy atom. The molecule has 0 aliphatic carbocycles. The monoisotopic (exact) mass is 463 g/mol. The number of hydrogen-bond donors (Lipinski definition) is 1. The van der Waals surface area contributed by atoms with E-state index in [0.717, 1.165) is 41.5 Å². The molecule has 2 aromatic carbocycles. The summed E-state index contributed by atoms with van der Waals surface area (Å²) in [4.78, 5) is 1.63. The first-order valence-electron chi connectivity index (χ1n) is 13.9. The highest BCUT2D eigenvalue weighted by Gasteiger charge is 2.14. The lowest BCUT2D eigenvalue weighted by Crippen LogP contribution is -2.03.